The smallest absolute Gasteiger partial charge is 0.347 e. The lowest BCUT2D eigenvalue weighted by Gasteiger charge is -2.53. The zero-order valence-electron chi connectivity index (χ0n) is 22.8. The topological polar surface area (TPSA) is 207 Å². The summed E-state index contributed by atoms with van der Waals surface area (Å²) in [5.74, 6) is -0.527. The largest absolute Gasteiger partial charge is 0.481 e. The molecule has 4 atom stereocenters. The summed E-state index contributed by atoms with van der Waals surface area (Å²) >= 11 is 3.60. The average Bonchev–Trinajstić information content (AvgIpc) is 3.55. The highest BCUT2D eigenvalue weighted by molar-refractivity contribution is 8.02. The van der Waals surface area contributed by atoms with Gasteiger partial charge in [0.15, 0.2) is 0 Å². The molecule has 0 saturated carbocycles. The van der Waals surface area contributed by atoms with Crippen molar-refractivity contribution in [3.05, 3.63) is 11.6 Å². The van der Waals surface area contributed by atoms with Crippen LogP contribution in [0.5, 0.6) is 0 Å². The normalized spacial score (nSPS) is 25.4. The number of carbonyl (C=O) groups excluding carboxylic acids is 3. The van der Waals surface area contributed by atoms with Crippen molar-refractivity contribution in [2.24, 2.45) is 16.3 Å². The molecule has 4 N–H and O–H groups in total. The van der Waals surface area contributed by atoms with E-state index in [-0.39, 0.29) is 30.4 Å². The third-order valence-corrected chi connectivity index (χ3v) is 9.64. The van der Waals surface area contributed by atoms with Gasteiger partial charge in [0.25, 0.3) is 5.91 Å². The SMILES string of the molecule is C#CCn1nnnc1SCC1(C(=O)O)CS[C@@H]2C(NC(=O)C(=NOCC(=O)OC(C)(C)C)N3C=CSC3N)C(=O)N2C1. The summed E-state index contributed by atoms with van der Waals surface area (Å²) in [6, 6.07) is -0.934. The number of β-lactam (4-membered cyclic amide) rings is 1. The number of aliphatic carboxylic acids is 1. The van der Waals surface area contributed by atoms with E-state index in [1.807, 2.05) is 0 Å². The number of hydrogen-bond donors (Lipinski definition) is 3. The quantitative estimate of drug-likeness (QED) is 0.0581. The summed E-state index contributed by atoms with van der Waals surface area (Å²) in [5.41, 5.74) is 3.35. The summed E-state index contributed by atoms with van der Waals surface area (Å²) in [4.78, 5) is 58.6. The number of amidine groups is 1. The van der Waals surface area contributed by atoms with E-state index in [1.54, 1.807) is 26.2 Å². The standard InChI is InChI=1S/C23H29N9O7S3/c1-5-6-32-21(26-28-29-32)42-12-23(19(36)37)10-31-17(35)14(18(31)41-11-23)25-16(34)15(30-7-8-40-20(30)24)27-38-9-13(33)39-22(2,3)4/h1,7-8,14,18,20H,6,9-12,24H2,2-4H3,(H,25,34)(H,36,37)/t14?,18-,20?,23?/m1/s1. The molecule has 16 nitrogen and oxygen atoms in total. The van der Waals surface area contributed by atoms with Gasteiger partial charge in [-0.15, -0.1) is 23.3 Å². The first-order chi connectivity index (χ1) is 19.8. The van der Waals surface area contributed by atoms with Crippen LogP contribution in [0.15, 0.2) is 21.9 Å². The molecular formula is C23H29N9O7S3. The van der Waals surface area contributed by atoms with E-state index in [4.69, 9.17) is 21.7 Å². The number of esters is 1. The number of fused-ring (bicyclic) bond motifs is 1. The van der Waals surface area contributed by atoms with E-state index in [0.717, 1.165) is 11.8 Å². The predicted molar refractivity (Wildman–Crippen MR) is 153 cm³/mol. The van der Waals surface area contributed by atoms with E-state index in [1.165, 1.54) is 44.2 Å². The Bertz CT molecular complexity index is 1340. The fraction of sp³-hybridized carbons (Fsp3) is 0.565. The number of hydrogen-bond acceptors (Lipinski definition) is 14. The lowest BCUT2D eigenvalue weighted by atomic mass is 9.89. The molecule has 2 amide bonds. The Morgan fingerprint density at radius 3 is 2.81 bits per heavy atom. The van der Waals surface area contributed by atoms with E-state index in [2.05, 4.69) is 31.9 Å². The van der Waals surface area contributed by atoms with E-state index < -0.39 is 58.3 Å². The van der Waals surface area contributed by atoms with Crippen LogP contribution in [0, 0.1) is 17.8 Å². The second kappa shape index (κ2) is 12.8. The fourth-order valence-corrected chi connectivity index (χ4v) is 7.45. The third kappa shape index (κ3) is 6.94. The average molecular weight is 640 g/mol. The van der Waals surface area contributed by atoms with Gasteiger partial charge in [-0.25, -0.2) is 9.48 Å². The van der Waals surface area contributed by atoms with Crippen molar-refractivity contribution in [2.75, 3.05) is 24.7 Å². The van der Waals surface area contributed by atoms with Crippen molar-refractivity contribution >= 4 is 64.9 Å². The van der Waals surface area contributed by atoms with E-state index in [9.17, 15) is 24.3 Å². The fourth-order valence-electron chi connectivity index (χ4n) is 4.05. The van der Waals surface area contributed by atoms with E-state index >= 15 is 0 Å². The summed E-state index contributed by atoms with van der Waals surface area (Å²) < 4.78 is 6.56. The molecule has 0 radical (unpaired) electrons. The van der Waals surface area contributed by atoms with Gasteiger partial charge in [0.1, 0.15) is 34.5 Å². The number of ether oxygens (including phenoxy) is 1. The van der Waals surface area contributed by atoms with Crippen LogP contribution in [0.2, 0.25) is 0 Å². The third-order valence-electron chi connectivity index (χ3n) is 6.02. The molecule has 3 unspecified atom stereocenters. The molecule has 0 bridgehead atoms. The zero-order chi connectivity index (χ0) is 30.7. The summed E-state index contributed by atoms with van der Waals surface area (Å²) in [6.07, 6.45) is 6.85. The van der Waals surface area contributed by atoms with Crippen LogP contribution >= 0.6 is 35.3 Å². The lowest BCUT2D eigenvalue weighted by Crippen LogP contribution is -2.74. The number of amides is 2. The Morgan fingerprint density at radius 1 is 1.40 bits per heavy atom. The lowest BCUT2D eigenvalue weighted by molar-refractivity contribution is -0.160. The van der Waals surface area contributed by atoms with Gasteiger partial charge in [0.05, 0.1) is 0 Å². The van der Waals surface area contributed by atoms with Crippen LogP contribution in [-0.4, -0.2) is 112 Å². The minimum absolute atomic E-state index is 0.0643. The van der Waals surface area contributed by atoms with Gasteiger partial charge in [-0.05, 0) is 36.6 Å². The highest BCUT2D eigenvalue weighted by Crippen LogP contribution is 2.44. The van der Waals surface area contributed by atoms with Gasteiger partial charge in [0, 0.05) is 24.3 Å². The number of nitrogens with two attached hydrogens (primary N) is 1. The van der Waals surface area contributed by atoms with Crippen LogP contribution in [0.3, 0.4) is 0 Å². The monoisotopic (exact) mass is 639 g/mol. The Labute approximate surface area is 253 Å². The Hall–Kier alpha value is -3.47. The van der Waals surface area contributed by atoms with Crippen LogP contribution in [0.4, 0.5) is 0 Å². The highest BCUT2D eigenvalue weighted by atomic mass is 32.2. The Balaban J connectivity index is 1.40. The predicted octanol–water partition coefficient (Wildman–Crippen LogP) is -0.697. The molecule has 1 aromatic rings. The van der Waals surface area contributed by atoms with Crippen molar-refractivity contribution < 1.29 is 33.9 Å². The maximum Gasteiger partial charge on any atom is 0.347 e. The van der Waals surface area contributed by atoms with Crippen LogP contribution in [0.1, 0.15) is 20.8 Å². The number of aromatic nitrogens is 4. The minimum Gasteiger partial charge on any atom is -0.481 e. The second-order valence-electron chi connectivity index (χ2n) is 10.3. The number of rotatable bonds is 9. The number of carboxylic acids is 1. The van der Waals surface area contributed by atoms with Gasteiger partial charge < -0.3 is 30.6 Å². The molecule has 0 aliphatic carbocycles. The summed E-state index contributed by atoms with van der Waals surface area (Å²) in [7, 11) is 0. The summed E-state index contributed by atoms with van der Waals surface area (Å²) in [5, 5.41) is 29.4. The molecule has 2 saturated heterocycles. The molecule has 0 spiro atoms. The molecule has 42 heavy (non-hydrogen) atoms. The van der Waals surface area contributed by atoms with Crippen LogP contribution in [0.25, 0.3) is 0 Å². The van der Waals surface area contributed by atoms with Gasteiger partial charge in [-0.3, -0.25) is 19.3 Å². The number of carboxylic acid groups (broad SMARTS) is 1. The number of nitrogens with one attached hydrogen (secondary N) is 1. The van der Waals surface area contributed by atoms with E-state index in [0.29, 0.717) is 5.16 Å². The Morgan fingerprint density at radius 2 is 2.17 bits per heavy atom. The highest BCUT2D eigenvalue weighted by Gasteiger charge is 2.57. The zero-order valence-corrected chi connectivity index (χ0v) is 25.3. The minimum atomic E-state index is -1.28. The van der Waals surface area contributed by atoms with Crippen molar-refractivity contribution in [2.45, 2.75) is 55.0 Å². The molecule has 3 aliphatic rings. The number of terminal acetylenes is 1. The molecule has 2 fully saturated rings. The van der Waals surface area contributed by atoms with Crippen molar-refractivity contribution in [3.63, 3.8) is 0 Å². The molecule has 4 rings (SSSR count). The molecule has 226 valence electrons. The maximum atomic E-state index is 13.3. The summed E-state index contributed by atoms with van der Waals surface area (Å²) in [6.45, 7) is 4.62. The second-order valence-corrected chi connectivity index (χ2v) is 13.4. The number of oxime groups is 1. The molecule has 19 heteroatoms. The van der Waals surface area contributed by atoms with Crippen LogP contribution < -0.4 is 11.1 Å². The molecule has 3 aliphatic heterocycles. The molecule has 1 aromatic heterocycles. The maximum absolute atomic E-state index is 13.3. The molecular weight excluding hydrogens is 611 g/mol. The number of tetrazole rings is 1. The van der Waals surface area contributed by atoms with Crippen molar-refractivity contribution in [1.29, 1.82) is 0 Å². The van der Waals surface area contributed by atoms with Crippen molar-refractivity contribution in [1.82, 2.24) is 35.3 Å². The van der Waals surface area contributed by atoms with Crippen LogP contribution in [-0.2, 0) is 35.3 Å². The molecule has 0 aromatic carbocycles. The van der Waals surface area contributed by atoms with Crippen molar-refractivity contribution in [3.8, 4) is 12.3 Å². The first-order valence-electron chi connectivity index (χ1n) is 12.4. The number of carbonyl (C=O) groups is 4. The molecule has 4 heterocycles. The number of nitrogens with zero attached hydrogens (tertiary/aromatic N) is 7. The number of thioether (sulfide) groups is 3. The van der Waals surface area contributed by atoms with Gasteiger partial charge in [0.2, 0.25) is 23.5 Å². The van der Waals surface area contributed by atoms with Gasteiger partial charge in [-0.1, -0.05) is 34.6 Å². The van der Waals surface area contributed by atoms with Gasteiger partial charge in [-0.2, -0.15) is 0 Å². The first-order valence-corrected chi connectivity index (χ1v) is 15.4. The first kappa shape index (κ1) is 31.5. The Kier molecular flexibility index (Phi) is 9.60. The van der Waals surface area contributed by atoms with Gasteiger partial charge >= 0.3 is 11.9 Å².